The van der Waals surface area contributed by atoms with Crippen molar-refractivity contribution in [1.82, 2.24) is 0 Å². The maximum Gasteiger partial charge on any atom is 0.109 e. The minimum atomic E-state index is -0.560. The topological polar surface area (TPSA) is 58.9 Å². The largest absolute Gasteiger partial charge is 0.394 e. The zero-order valence-corrected chi connectivity index (χ0v) is 5.41. The SMILES string of the molecule is C1COO1.CC(O)CO. The number of aliphatic hydroxyl groups excluding tert-OH is 2. The molecule has 1 fully saturated rings. The van der Waals surface area contributed by atoms with E-state index in [0.29, 0.717) is 0 Å². The first-order valence-electron chi connectivity index (χ1n) is 2.80. The van der Waals surface area contributed by atoms with Crippen molar-refractivity contribution in [2.45, 2.75) is 13.0 Å². The third kappa shape index (κ3) is 7.84. The first kappa shape index (κ1) is 8.84. The summed E-state index contributed by atoms with van der Waals surface area (Å²) in [6.45, 7) is 2.94. The van der Waals surface area contributed by atoms with Crippen molar-refractivity contribution >= 4 is 0 Å². The Labute approximate surface area is 53.9 Å². The number of hydrogen-bond acceptors (Lipinski definition) is 4. The number of hydrogen-bond donors (Lipinski definition) is 2. The maximum absolute atomic E-state index is 8.11. The average molecular weight is 136 g/mol. The second-order valence-electron chi connectivity index (χ2n) is 1.68. The molecule has 0 radical (unpaired) electrons. The summed E-state index contributed by atoms with van der Waals surface area (Å²) in [5.74, 6) is 0. The normalized spacial score (nSPS) is 19.0. The molecule has 4 heteroatoms. The van der Waals surface area contributed by atoms with Crippen LogP contribution >= 0.6 is 0 Å². The molecule has 1 aliphatic rings. The zero-order valence-electron chi connectivity index (χ0n) is 5.41. The van der Waals surface area contributed by atoms with Crippen molar-refractivity contribution in [1.29, 1.82) is 0 Å². The highest BCUT2D eigenvalue weighted by Crippen LogP contribution is 1.87. The minimum Gasteiger partial charge on any atom is -0.394 e. The Kier molecular flexibility index (Phi) is 5.86. The van der Waals surface area contributed by atoms with E-state index < -0.39 is 6.10 Å². The van der Waals surface area contributed by atoms with Crippen molar-refractivity contribution in [3.63, 3.8) is 0 Å². The van der Waals surface area contributed by atoms with Crippen LogP contribution in [0.2, 0.25) is 0 Å². The molecule has 0 aromatic heterocycles. The quantitative estimate of drug-likeness (QED) is 0.468. The minimum absolute atomic E-state index is 0.139. The van der Waals surface area contributed by atoms with E-state index in [4.69, 9.17) is 10.2 Å². The second kappa shape index (κ2) is 5.97. The molecular weight excluding hydrogens is 124 g/mol. The summed E-state index contributed by atoms with van der Waals surface area (Å²) in [7, 11) is 0. The van der Waals surface area contributed by atoms with E-state index in [0.717, 1.165) is 13.2 Å². The molecule has 1 saturated heterocycles. The van der Waals surface area contributed by atoms with Crippen LogP contribution in [-0.4, -0.2) is 36.1 Å². The van der Waals surface area contributed by atoms with E-state index in [-0.39, 0.29) is 6.61 Å². The van der Waals surface area contributed by atoms with Crippen LogP contribution in [0.1, 0.15) is 6.92 Å². The maximum atomic E-state index is 8.11. The molecule has 0 aromatic carbocycles. The van der Waals surface area contributed by atoms with Gasteiger partial charge < -0.3 is 10.2 Å². The van der Waals surface area contributed by atoms with Crippen LogP contribution in [0.3, 0.4) is 0 Å². The summed E-state index contributed by atoms with van der Waals surface area (Å²) in [5, 5.41) is 16.0. The van der Waals surface area contributed by atoms with Crippen LogP contribution in [0.4, 0.5) is 0 Å². The molecule has 4 nitrogen and oxygen atoms in total. The molecule has 0 amide bonds. The number of rotatable bonds is 1. The molecular formula is C5H12O4. The van der Waals surface area contributed by atoms with Gasteiger partial charge >= 0.3 is 0 Å². The van der Waals surface area contributed by atoms with Gasteiger partial charge in [-0.25, -0.2) is 9.78 Å². The lowest BCUT2D eigenvalue weighted by molar-refractivity contribution is -0.382. The van der Waals surface area contributed by atoms with E-state index in [1.807, 2.05) is 0 Å². The average Bonchev–Trinajstić information content (AvgIpc) is 1.61. The van der Waals surface area contributed by atoms with Gasteiger partial charge in [0, 0.05) is 0 Å². The van der Waals surface area contributed by atoms with Crippen LogP contribution in [0.25, 0.3) is 0 Å². The van der Waals surface area contributed by atoms with Crippen LogP contribution in [0, 0.1) is 0 Å². The fourth-order valence-corrected chi connectivity index (χ4v) is 0.0833. The number of aliphatic hydroxyl groups is 2. The van der Waals surface area contributed by atoms with Crippen molar-refractivity contribution in [3.05, 3.63) is 0 Å². The predicted octanol–water partition coefficient (Wildman–Crippen LogP) is -0.692. The summed E-state index contributed by atoms with van der Waals surface area (Å²) < 4.78 is 0. The summed E-state index contributed by atoms with van der Waals surface area (Å²) >= 11 is 0. The Morgan fingerprint density at radius 2 is 1.67 bits per heavy atom. The molecule has 0 aliphatic carbocycles. The molecule has 0 aromatic rings. The molecule has 0 spiro atoms. The monoisotopic (exact) mass is 136 g/mol. The summed E-state index contributed by atoms with van der Waals surface area (Å²) in [5.41, 5.74) is 0. The fraction of sp³-hybridized carbons (Fsp3) is 1.00. The third-order valence-corrected chi connectivity index (χ3v) is 0.598. The van der Waals surface area contributed by atoms with Gasteiger partial charge in [-0.3, -0.25) is 0 Å². The fourth-order valence-electron chi connectivity index (χ4n) is 0.0833. The van der Waals surface area contributed by atoms with Crippen LogP contribution < -0.4 is 0 Å². The van der Waals surface area contributed by atoms with Gasteiger partial charge in [0.05, 0.1) is 12.7 Å². The molecule has 2 N–H and O–H groups in total. The lowest BCUT2D eigenvalue weighted by atomic mass is 10.5. The van der Waals surface area contributed by atoms with Gasteiger partial charge in [0.1, 0.15) is 13.2 Å². The first-order valence-corrected chi connectivity index (χ1v) is 2.80. The van der Waals surface area contributed by atoms with Gasteiger partial charge in [-0.05, 0) is 6.92 Å². The van der Waals surface area contributed by atoms with Crippen molar-refractivity contribution in [2.24, 2.45) is 0 Å². The predicted molar refractivity (Wildman–Crippen MR) is 30.7 cm³/mol. The standard InChI is InChI=1S/C3H8O2.C2H4O2/c1-3(5)2-4;1-2-4-3-1/h3-5H,2H2,1H3;1-2H2. The molecule has 56 valence electrons. The molecule has 1 aliphatic heterocycles. The molecule has 1 atom stereocenters. The highest BCUT2D eigenvalue weighted by atomic mass is 17.2. The Balaban J connectivity index is 0.000000144. The van der Waals surface area contributed by atoms with Crippen molar-refractivity contribution in [2.75, 3.05) is 19.8 Å². The van der Waals surface area contributed by atoms with Gasteiger partial charge in [0.25, 0.3) is 0 Å². The van der Waals surface area contributed by atoms with E-state index in [1.165, 1.54) is 6.92 Å². The highest BCUT2D eigenvalue weighted by molar-refractivity contribution is 4.34. The van der Waals surface area contributed by atoms with Crippen molar-refractivity contribution in [3.8, 4) is 0 Å². The van der Waals surface area contributed by atoms with Crippen LogP contribution in [0.15, 0.2) is 0 Å². The smallest absolute Gasteiger partial charge is 0.109 e. The van der Waals surface area contributed by atoms with E-state index in [2.05, 4.69) is 9.78 Å². The Morgan fingerprint density at radius 3 is 1.67 bits per heavy atom. The molecule has 1 rings (SSSR count). The van der Waals surface area contributed by atoms with Crippen LogP contribution in [-0.2, 0) is 9.78 Å². The summed E-state index contributed by atoms with van der Waals surface area (Å²) in [6.07, 6.45) is -0.560. The van der Waals surface area contributed by atoms with Crippen molar-refractivity contribution < 1.29 is 20.0 Å². The van der Waals surface area contributed by atoms with E-state index in [9.17, 15) is 0 Å². The van der Waals surface area contributed by atoms with Gasteiger partial charge in [0.15, 0.2) is 0 Å². The molecule has 1 unspecified atom stereocenters. The summed E-state index contributed by atoms with van der Waals surface area (Å²) in [6, 6.07) is 0. The Hall–Kier alpha value is -0.160. The first-order chi connectivity index (χ1) is 4.27. The molecule has 0 saturated carbocycles. The van der Waals surface area contributed by atoms with Crippen LogP contribution in [0.5, 0.6) is 0 Å². The van der Waals surface area contributed by atoms with Gasteiger partial charge in [-0.1, -0.05) is 0 Å². The zero-order chi connectivity index (χ0) is 7.11. The molecule has 9 heavy (non-hydrogen) atoms. The van der Waals surface area contributed by atoms with Gasteiger partial charge in [0.2, 0.25) is 0 Å². The van der Waals surface area contributed by atoms with E-state index in [1.54, 1.807) is 0 Å². The Bertz CT molecular complexity index is 46.9. The highest BCUT2D eigenvalue weighted by Gasteiger charge is 1.95. The van der Waals surface area contributed by atoms with Gasteiger partial charge in [-0.2, -0.15) is 0 Å². The Morgan fingerprint density at radius 1 is 1.44 bits per heavy atom. The lowest BCUT2D eigenvalue weighted by Gasteiger charge is -2.08. The van der Waals surface area contributed by atoms with Gasteiger partial charge in [-0.15, -0.1) is 0 Å². The molecule has 0 bridgehead atoms. The molecule has 1 heterocycles. The summed E-state index contributed by atoms with van der Waals surface area (Å²) in [4.78, 5) is 8.44. The third-order valence-electron chi connectivity index (χ3n) is 0.598. The van der Waals surface area contributed by atoms with E-state index >= 15 is 0 Å². The lowest BCUT2D eigenvalue weighted by Crippen LogP contribution is -2.14. The second-order valence-corrected chi connectivity index (χ2v) is 1.68.